The van der Waals surface area contributed by atoms with Gasteiger partial charge in [-0.2, -0.15) is 0 Å². The Balaban J connectivity index is 2.12. The van der Waals surface area contributed by atoms with Crippen LogP contribution >= 0.6 is 0 Å². The fraction of sp³-hybridized carbons (Fsp3) is 0.400. The molecule has 0 saturated carbocycles. The molecule has 0 saturated heterocycles. The Hall–Kier alpha value is -2.39. The van der Waals surface area contributed by atoms with Gasteiger partial charge < -0.3 is 0 Å². The molecule has 1 N–H and O–H groups in total. The Kier molecular flexibility index (Phi) is 10.4. The SMILES string of the molecule is CC(C)[C@@H]([C@@H](N[S@](=O)C(C)(C)C)C(F)S(=O)(=O)c1ccccc1)N(Cc1ccccc1)Cc1ccccc1. The number of halogens is 1. The first-order valence-corrected chi connectivity index (χ1v) is 15.5. The van der Waals surface area contributed by atoms with Crippen LogP contribution in [0, 0.1) is 5.92 Å². The molecule has 0 amide bonds. The molecular formula is C30H39FN2O3S2. The summed E-state index contributed by atoms with van der Waals surface area (Å²) in [6.45, 7) is 10.2. The van der Waals surface area contributed by atoms with Crippen molar-refractivity contribution in [1.82, 2.24) is 9.62 Å². The topological polar surface area (TPSA) is 66.5 Å². The van der Waals surface area contributed by atoms with E-state index in [2.05, 4.69) is 9.62 Å². The molecule has 0 fully saturated rings. The number of nitrogens with zero attached hydrogens (tertiary/aromatic N) is 1. The first-order valence-electron chi connectivity index (χ1n) is 12.8. The summed E-state index contributed by atoms with van der Waals surface area (Å²) < 4.78 is 59.1. The minimum atomic E-state index is -4.38. The van der Waals surface area contributed by atoms with Gasteiger partial charge in [-0.25, -0.2) is 21.7 Å². The lowest BCUT2D eigenvalue weighted by atomic mass is 9.94. The summed E-state index contributed by atoms with van der Waals surface area (Å²) in [5.74, 6) is -0.166. The zero-order valence-corrected chi connectivity index (χ0v) is 24.4. The maximum Gasteiger partial charge on any atom is 0.222 e. The zero-order chi connectivity index (χ0) is 27.9. The van der Waals surface area contributed by atoms with Crippen molar-refractivity contribution in [3.05, 3.63) is 102 Å². The van der Waals surface area contributed by atoms with Gasteiger partial charge in [0.05, 0.1) is 26.7 Å². The van der Waals surface area contributed by atoms with Gasteiger partial charge in [0.2, 0.25) is 15.3 Å². The van der Waals surface area contributed by atoms with Gasteiger partial charge >= 0.3 is 0 Å². The van der Waals surface area contributed by atoms with Crippen LogP contribution in [0.15, 0.2) is 95.9 Å². The molecule has 5 nitrogen and oxygen atoms in total. The van der Waals surface area contributed by atoms with Crippen LogP contribution < -0.4 is 4.72 Å². The van der Waals surface area contributed by atoms with Crippen LogP contribution in [0.25, 0.3) is 0 Å². The third-order valence-electron chi connectivity index (χ3n) is 6.38. The monoisotopic (exact) mass is 558 g/mol. The molecule has 4 atom stereocenters. The van der Waals surface area contributed by atoms with Gasteiger partial charge in [0.25, 0.3) is 0 Å². The van der Waals surface area contributed by atoms with Crippen molar-refractivity contribution < 1.29 is 17.0 Å². The summed E-state index contributed by atoms with van der Waals surface area (Å²) in [6, 6.07) is 25.4. The van der Waals surface area contributed by atoms with Crippen molar-refractivity contribution in [3.8, 4) is 0 Å². The van der Waals surface area contributed by atoms with E-state index in [4.69, 9.17) is 0 Å². The van der Waals surface area contributed by atoms with E-state index < -0.39 is 43.2 Å². The van der Waals surface area contributed by atoms with Crippen LogP contribution in [0.2, 0.25) is 0 Å². The molecular weight excluding hydrogens is 519 g/mol. The quantitative estimate of drug-likeness (QED) is 0.300. The lowest BCUT2D eigenvalue weighted by Gasteiger charge is -2.41. The number of benzene rings is 3. The van der Waals surface area contributed by atoms with Crippen molar-refractivity contribution in [3.63, 3.8) is 0 Å². The predicted octanol–water partition coefficient (Wildman–Crippen LogP) is 5.90. The van der Waals surface area contributed by atoms with Crippen molar-refractivity contribution in [2.24, 2.45) is 5.92 Å². The summed E-state index contributed by atoms with van der Waals surface area (Å²) in [5, 5.41) is 0. The van der Waals surface area contributed by atoms with E-state index in [1.54, 1.807) is 39.0 Å². The highest BCUT2D eigenvalue weighted by molar-refractivity contribution is 7.92. The van der Waals surface area contributed by atoms with Crippen LogP contribution in [-0.2, 0) is 33.9 Å². The molecule has 0 heterocycles. The molecule has 38 heavy (non-hydrogen) atoms. The molecule has 8 heteroatoms. The molecule has 3 aromatic carbocycles. The third-order valence-corrected chi connectivity index (χ3v) is 9.79. The molecule has 1 unspecified atom stereocenters. The Labute approximate surface area is 230 Å². The van der Waals surface area contributed by atoms with E-state index >= 15 is 4.39 Å². The van der Waals surface area contributed by atoms with Gasteiger partial charge in [0.15, 0.2) is 0 Å². The van der Waals surface area contributed by atoms with Crippen molar-refractivity contribution in [2.75, 3.05) is 0 Å². The fourth-order valence-electron chi connectivity index (χ4n) is 4.48. The molecule has 0 bridgehead atoms. The van der Waals surface area contributed by atoms with Crippen LogP contribution in [0.5, 0.6) is 0 Å². The Morgan fingerprint density at radius 3 is 1.63 bits per heavy atom. The summed E-state index contributed by atoms with van der Waals surface area (Å²) in [4.78, 5) is 2.00. The van der Waals surface area contributed by atoms with Crippen LogP contribution in [0.3, 0.4) is 0 Å². The Bertz CT molecular complexity index is 1220. The first kappa shape index (κ1) is 30.2. The zero-order valence-electron chi connectivity index (χ0n) is 22.8. The smallest absolute Gasteiger partial charge is 0.222 e. The summed E-state index contributed by atoms with van der Waals surface area (Å²) in [5.41, 5.74) is -0.283. The van der Waals surface area contributed by atoms with E-state index in [1.807, 2.05) is 74.5 Å². The van der Waals surface area contributed by atoms with Gasteiger partial charge in [-0.1, -0.05) is 92.7 Å². The highest BCUT2D eigenvalue weighted by Crippen LogP contribution is 2.29. The van der Waals surface area contributed by atoms with Gasteiger partial charge in [0.1, 0.15) is 0 Å². The second kappa shape index (κ2) is 13.1. The number of nitrogens with one attached hydrogen (secondary N) is 1. The number of rotatable bonds is 12. The lowest BCUT2D eigenvalue weighted by Crippen LogP contribution is -2.59. The molecule has 0 spiro atoms. The summed E-state index contributed by atoms with van der Waals surface area (Å²) in [7, 11) is -6.08. The molecule has 0 aliphatic heterocycles. The van der Waals surface area contributed by atoms with Crippen LogP contribution in [-0.4, -0.2) is 39.9 Å². The van der Waals surface area contributed by atoms with E-state index in [0.717, 1.165) is 11.1 Å². The Morgan fingerprint density at radius 1 is 0.816 bits per heavy atom. The number of sulfone groups is 1. The highest BCUT2D eigenvalue weighted by Gasteiger charge is 2.44. The van der Waals surface area contributed by atoms with E-state index in [0.29, 0.717) is 13.1 Å². The molecule has 0 aliphatic rings. The maximum atomic E-state index is 16.5. The normalized spacial score (nSPS) is 15.8. The second-order valence-electron chi connectivity index (χ2n) is 10.8. The van der Waals surface area contributed by atoms with Gasteiger partial charge in [-0.15, -0.1) is 0 Å². The van der Waals surface area contributed by atoms with Gasteiger partial charge in [-0.05, 0) is 49.9 Å². The number of alkyl halides is 1. The molecule has 3 rings (SSSR count). The fourth-order valence-corrected chi connectivity index (χ4v) is 6.84. The summed E-state index contributed by atoms with van der Waals surface area (Å²) >= 11 is 0. The molecule has 206 valence electrons. The number of hydrogen-bond acceptors (Lipinski definition) is 4. The summed E-state index contributed by atoms with van der Waals surface area (Å²) in [6.07, 6.45) is 0. The van der Waals surface area contributed by atoms with Crippen LogP contribution in [0.4, 0.5) is 4.39 Å². The largest absolute Gasteiger partial charge is 0.290 e. The predicted molar refractivity (Wildman–Crippen MR) is 154 cm³/mol. The lowest BCUT2D eigenvalue weighted by molar-refractivity contribution is 0.0916. The van der Waals surface area contributed by atoms with Crippen molar-refractivity contribution >= 4 is 20.8 Å². The first-order chi connectivity index (χ1) is 17.9. The van der Waals surface area contributed by atoms with Crippen molar-refractivity contribution in [2.45, 2.75) is 74.9 Å². The average molecular weight is 559 g/mol. The highest BCUT2D eigenvalue weighted by atomic mass is 32.2. The van der Waals surface area contributed by atoms with Crippen LogP contribution in [0.1, 0.15) is 45.7 Å². The van der Waals surface area contributed by atoms with E-state index in [1.165, 1.54) is 12.1 Å². The Morgan fingerprint density at radius 2 is 1.24 bits per heavy atom. The minimum absolute atomic E-state index is 0.0963. The minimum Gasteiger partial charge on any atom is -0.290 e. The maximum absolute atomic E-state index is 16.5. The van der Waals surface area contributed by atoms with E-state index in [9.17, 15) is 12.6 Å². The van der Waals surface area contributed by atoms with E-state index in [-0.39, 0.29) is 10.8 Å². The molecule has 0 radical (unpaired) electrons. The third kappa shape index (κ3) is 7.82. The van der Waals surface area contributed by atoms with Gasteiger partial charge in [0, 0.05) is 19.1 Å². The number of hydrogen-bond donors (Lipinski definition) is 1. The molecule has 0 aliphatic carbocycles. The molecule has 3 aromatic rings. The standard InChI is InChI=1S/C30H39FN2O3S2/c1-23(2)28(33(21-24-15-9-6-10-16-24)22-25-17-11-7-12-18-25)27(32-37(34)30(3,4)5)29(31)38(35,36)26-19-13-8-14-20-26/h6-20,23,27-29,32H,21-22H2,1-5H3/t27-,28+,29?,37-/m1/s1. The molecule has 0 aromatic heterocycles. The van der Waals surface area contributed by atoms with Gasteiger partial charge in [-0.3, -0.25) is 4.90 Å². The van der Waals surface area contributed by atoms with Crippen molar-refractivity contribution in [1.29, 1.82) is 0 Å². The second-order valence-corrected chi connectivity index (χ2v) is 14.9. The average Bonchev–Trinajstić information content (AvgIpc) is 2.88.